The summed E-state index contributed by atoms with van der Waals surface area (Å²) in [6.07, 6.45) is 6.62. The van der Waals surface area contributed by atoms with Crippen LogP contribution < -0.4 is 9.64 Å². The first-order chi connectivity index (χ1) is 11.1. The van der Waals surface area contributed by atoms with Crippen molar-refractivity contribution in [2.75, 3.05) is 12.0 Å². The molecule has 4 nitrogen and oxygen atoms in total. The molecule has 5 rings (SSSR count). The third-order valence-electron chi connectivity index (χ3n) is 6.23. The summed E-state index contributed by atoms with van der Waals surface area (Å²) >= 11 is 6.08. The number of rotatable bonds is 2. The van der Waals surface area contributed by atoms with Crippen LogP contribution in [0, 0.1) is 29.1 Å². The topological polar surface area (TPSA) is 46.6 Å². The normalized spacial score (nSPS) is 35.3. The summed E-state index contributed by atoms with van der Waals surface area (Å²) in [5.74, 6) is 0.352. The molecule has 0 radical (unpaired) electrons. The van der Waals surface area contributed by atoms with E-state index in [4.69, 9.17) is 16.3 Å². The predicted octanol–water partition coefficient (Wildman–Crippen LogP) is 3.05. The molecule has 1 aromatic carbocycles. The monoisotopic (exact) mass is 329 g/mol. The molecular formula is C18H16ClNO3. The number of hydrogen-bond acceptors (Lipinski definition) is 3. The van der Waals surface area contributed by atoms with Gasteiger partial charge in [-0.25, -0.2) is 4.90 Å². The molecule has 118 valence electrons. The summed E-state index contributed by atoms with van der Waals surface area (Å²) in [7, 11) is 1.53. The Labute approximate surface area is 139 Å². The number of carbonyl (C=O) groups is 2. The van der Waals surface area contributed by atoms with Crippen LogP contribution in [-0.4, -0.2) is 18.9 Å². The van der Waals surface area contributed by atoms with Crippen molar-refractivity contribution in [2.45, 2.75) is 12.8 Å². The summed E-state index contributed by atoms with van der Waals surface area (Å²) in [4.78, 5) is 27.4. The van der Waals surface area contributed by atoms with Crippen molar-refractivity contribution in [1.29, 1.82) is 0 Å². The molecule has 23 heavy (non-hydrogen) atoms. The zero-order valence-corrected chi connectivity index (χ0v) is 13.4. The van der Waals surface area contributed by atoms with Gasteiger partial charge < -0.3 is 4.74 Å². The van der Waals surface area contributed by atoms with Crippen LogP contribution in [0.25, 0.3) is 0 Å². The van der Waals surface area contributed by atoms with Crippen molar-refractivity contribution >= 4 is 29.1 Å². The largest absolute Gasteiger partial charge is 0.495 e. The second-order valence-corrected chi connectivity index (χ2v) is 7.49. The van der Waals surface area contributed by atoms with Crippen LogP contribution in [0.2, 0.25) is 5.02 Å². The number of benzene rings is 1. The molecule has 4 aliphatic rings. The number of halogens is 1. The lowest BCUT2D eigenvalue weighted by Gasteiger charge is -2.23. The average Bonchev–Trinajstić information content (AvgIpc) is 3.13. The van der Waals surface area contributed by atoms with E-state index in [1.807, 2.05) is 0 Å². The van der Waals surface area contributed by atoms with Crippen molar-refractivity contribution in [3.05, 3.63) is 35.4 Å². The second kappa shape index (κ2) is 4.18. The van der Waals surface area contributed by atoms with Crippen molar-refractivity contribution in [3.8, 4) is 5.75 Å². The number of nitrogens with zero attached hydrogens (tertiary/aromatic N) is 1. The fourth-order valence-electron chi connectivity index (χ4n) is 5.15. The van der Waals surface area contributed by atoms with Gasteiger partial charge in [-0.1, -0.05) is 23.8 Å². The zero-order valence-electron chi connectivity index (χ0n) is 12.7. The van der Waals surface area contributed by atoms with Crippen molar-refractivity contribution in [3.63, 3.8) is 0 Å². The highest BCUT2D eigenvalue weighted by Gasteiger charge is 2.73. The first kappa shape index (κ1) is 13.6. The summed E-state index contributed by atoms with van der Waals surface area (Å²) in [5.41, 5.74) is 0.680. The maximum absolute atomic E-state index is 13.1. The molecule has 1 spiro atoms. The zero-order chi connectivity index (χ0) is 15.9. The highest BCUT2D eigenvalue weighted by molar-refractivity contribution is 6.31. The van der Waals surface area contributed by atoms with Crippen LogP contribution in [0.4, 0.5) is 5.69 Å². The highest BCUT2D eigenvalue weighted by Crippen LogP contribution is 2.73. The first-order valence-electron chi connectivity index (χ1n) is 7.98. The van der Waals surface area contributed by atoms with Crippen molar-refractivity contribution in [1.82, 2.24) is 0 Å². The van der Waals surface area contributed by atoms with Gasteiger partial charge in [0.2, 0.25) is 11.8 Å². The van der Waals surface area contributed by atoms with Gasteiger partial charge in [-0.15, -0.1) is 0 Å². The third-order valence-corrected chi connectivity index (χ3v) is 6.47. The molecule has 0 aromatic heterocycles. The van der Waals surface area contributed by atoms with E-state index in [0.29, 0.717) is 16.5 Å². The maximum atomic E-state index is 13.1. The number of fused-ring (bicyclic) bond motifs is 3. The van der Waals surface area contributed by atoms with Crippen molar-refractivity contribution in [2.24, 2.45) is 29.1 Å². The molecule has 1 aliphatic heterocycles. The molecule has 3 fully saturated rings. The van der Waals surface area contributed by atoms with Gasteiger partial charge in [-0.3, -0.25) is 9.59 Å². The number of hydrogen-bond donors (Lipinski definition) is 0. The summed E-state index contributed by atoms with van der Waals surface area (Å²) < 4.78 is 5.33. The maximum Gasteiger partial charge on any atom is 0.238 e. The summed E-state index contributed by atoms with van der Waals surface area (Å²) in [6.45, 7) is 0. The Morgan fingerprint density at radius 3 is 2.26 bits per heavy atom. The van der Waals surface area contributed by atoms with Gasteiger partial charge in [0.25, 0.3) is 0 Å². The minimum atomic E-state index is -0.205. The fourth-order valence-corrected chi connectivity index (χ4v) is 5.32. The summed E-state index contributed by atoms with van der Waals surface area (Å²) in [6, 6.07) is 5.03. The molecule has 3 aliphatic carbocycles. The van der Waals surface area contributed by atoms with E-state index in [1.165, 1.54) is 12.0 Å². The number of imide groups is 1. The number of allylic oxidation sites excluding steroid dienone is 2. The number of amides is 2. The lowest BCUT2D eigenvalue weighted by atomic mass is 9.85. The van der Waals surface area contributed by atoms with E-state index in [9.17, 15) is 9.59 Å². The van der Waals surface area contributed by atoms with E-state index in [0.717, 1.165) is 12.8 Å². The van der Waals surface area contributed by atoms with E-state index < -0.39 is 0 Å². The molecule has 5 heteroatoms. The van der Waals surface area contributed by atoms with Gasteiger partial charge in [0, 0.05) is 5.02 Å². The lowest BCUT2D eigenvalue weighted by molar-refractivity contribution is -0.123. The molecule has 2 bridgehead atoms. The average molecular weight is 330 g/mol. The third kappa shape index (κ3) is 1.48. The number of methoxy groups -OCH3 is 1. The molecule has 4 atom stereocenters. The van der Waals surface area contributed by atoms with Crippen LogP contribution in [-0.2, 0) is 9.59 Å². The number of carbonyl (C=O) groups excluding carboxylic acids is 2. The lowest BCUT2D eigenvalue weighted by Crippen LogP contribution is -2.35. The van der Waals surface area contributed by atoms with E-state index in [1.54, 1.807) is 18.2 Å². The molecular weight excluding hydrogens is 314 g/mol. The molecule has 2 saturated carbocycles. The Morgan fingerprint density at radius 2 is 1.74 bits per heavy atom. The minimum Gasteiger partial charge on any atom is -0.495 e. The van der Waals surface area contributed by atoms with Crippen LogP contribution in [0.15, 0.2) is 30.4 Å². The van der Waals surface area contributed by atoms with Crippen LogP contribution in [0.1, 0.15) is 12.8 Å². The molecule has 1 saturated heterocycles. The standard InChI is InChI=1S/C18H16ClNO3/c1-23-13-5-2-9(19)8-12(13)20-16(21)14-10-3-4-11(15(14)17(20)22)18(10)6-7-18/h2-5,8,10-11,14-15H,6-7H2,1H3. The molecule has 4 unspecified atom stereocenters. The Hall–Kier alpha value is -1.81. The van der Waals surface area contributed by atoms with Crippen LogP contribution >= 0.6 is 11.6 Å². The Bertz CT molecular complexity index is 748. The molecule has 0 N–H and O–H groups in total. The van der Waals surface area contributed by atoms with E-state index in [-0.39, 0.29) is 40.9 Å². The number of anilines is 1. The van der Waals surface area contributed by atoms with Crippen LogP contribution in [0.5, 0.6) is 5.75 Å². The van der Waals surface area contributed by atoms with Gasteiger partial charge in [0.15, 0.2) is 0 Å². The SMILES string of the molecule is COc1ccc(Cl)cc1N1C(=O)C2C(C1=O)C1C=CC2C12CC2. The Balaban J connectivity index is 1.60. The smallest absolute Gasteiger partial charge is 0.238 e. The van der Waals surface area contributed by atoms with Gasteiger partial charge in [-0.2, -0.15) is 0 Å². The van der Waals surface area contributed by atoms with Gasteiger partial charge in [0.1, 0.15) is 5.75 Å². The molecule has 1 heterocycles. The van der Waals surface area contributed by atoms with E-state index >= 15 is 0 Å². The van der Waals surface area contributed by atoms with Gasteiger partial charge >= 0.3 is 0 Å². The Morgan fingerprint density at radius 1 is 1.13 bits per heavy atom. The van der Waals surface area contributed by atoms with Gasteiger partial charge in [0.05, 0.1) is 24.6 Å². The van der Waals surface area contributed by atoms with Crippen LogP contribution in [0.3, 0.4) is 0 Å². The van der Waals surface area contributed by atoms with Gasteiger partial charge in [-0.05, 0) is 48.3 Å². The predicted molar refractivity (Wildman–Crippen MR) is 85.3 cm³/mol. The molecule has 2 amide bonds. The van der Waals surface area contributed by atoms with E-state index in [2.05, 4.69) is 12.2 Å². The molecule has 1 aromatic rings. The first-order valence-corrected chi connectivity index (χ1v) is 8.36. The second-order valence-electron chi connectivity index (χ2n) is 7.05. The number of ether oxygens (including phenoxy) is 1. The Kier molecular flexibility index (Phi) is 2.47. The quantitative estimate of drug-likeness (QED) is 0.619. The minimum absolute atomic E-state index is 0.0938. The summed E-state index contributed by atoms with van der Waals surface area (Å²) in [5, 5.41) is 0.484. The van der Waals surface area contributed by atoms with Crippen molar-refractivity contribution < 1.29 is 14.3 Å². The fraction of sp³-hybridized carbons (Fsp3) is 0.444. The highest BCUT2D eigenvalue weighted by atomic mass is 35.5.